The van der Waals surface area contributed by atoms with Gasteiger partial charge in [-0.2, -0.15) is 0 Å². The standard InChI is InChI=1S/C18H36N2O/c1-5-18(3,4)14-9-10-16(19)17(12-14)20-11-7-8-15(13-20)21-6-2/h14-17H,5-13,19H2,1-4H3. The van der Waals surface area contributed by atoms with Crippen molar-refractivity contribution in [2.45, 2.75) is 84.4 Å². The van der Waals surface area contributed by atoms with Crippen molar-refractivity contribution in [1.82, 2.24) is 4.90 Å². The zero-order valence-corrected chi connectivity index (χ0v) is 14.6. The molecule has 0 radical (unpaired) electrons. The van der Waals surface area contributed by atoms with Gasteiger partial charge in [0.25, 0.3) is 0 Å². The fraction of sp³-hybridized carbons (Fsp3) is 1.00. The Morgan fingerprint density at radius 3 is 2.62 bits per heavy atom. The molecular weight excluding hydrogens is 260 g/mol. The van der Waals surface area contributed by atoms with E-state index >= 15 is 0 Å². The Hall–Kier alpha value is -0.120. The van der Waals surface area contributed by atoms with E-state index in [-0.39, 0.29) is 0 Å². The number of likely N-dealkylation sites (tertiary alicyclic amines) is 1. The average Bonchev–Trinajstić information content (AvgIpc) is 2.48. The maximum Gasteiger partial charge on any atom is 0.0702 e. The summed E-state index contributed by atoms with van der Waals surface area (Å²) in [5.74, 6) is 0.819. The summed E-state index contributed by atoms with van der Waals surface area (Å²) in [4.78, 5) is 2.65. The lowest BCUT2D eigenvalue weighted by Gasteiger charge is -2.48. The second kappa shape index (κ2) is 7.43. The quantitative estimate of drug-likeness (QED) is 0.845. The lowest BCUT2D eigenvalue weighted by atomic mass is 9.67. The van der Waals surface area contributed by atoms with Crippen molar-refractivity contribution in [3.63, 3.8) is 0 Å². The van der Waals surface area contributed by atoms with E-state index in [1.165, 1.54) is 45.1 Å². The maximum atomic E-state index is 6.49. The van der Waals surface area contributed by atoms with Crippen molar-refractivity contribution in [2.75, 3.05) is 19.7 Å². The van der Waals surface area contributed by atoms with Crippen LogP contribution >= 0.6 is 0 Å². The van der Waals surface area contributed by atoms with Crippen LogP contribution in [0.3, 0.4) is 0 Å². The van der Waals surface area contributed by atoms with Crippen molar-refractivity contribution in [2.24, 2.45) is 17.1 Å². The van der Waals surface area contributed by atoms with Crippen molar-refractivity contribution in [3.8, 4) is 0 Å². The lowest BCUT2D eigenvalue weighted by molar-refractivity contribution is -0.0267. The SMILES string of the molecule is CCOC1CCCN(C2CC(C(C)(C)CC)CCC2N)C1. The van der Waals surface area contributed by atoms with E-state index in [1.807, 2.05) is 0 Å². The van der Waals surface area contributed by atoms with Crippen LogP contribution in [-0.2, 0) is 4.74 Å². The number of ether oxygens (including phenoxy) is 1. The molecule has 4 unspecified atom stereocenters. The van der Waals surface area contributed by atoms with Crippen LogP contribution in [0.4, 0.5) is 0 Å². The smallest absolute Gasteiger partial charge is 0.0702 e. The average molecular weight is 296 g/mol. The van der Waals surface area contributed by atoms with Crippen LogP contribution in [0.2, 0.25) is 0 Å². The van der Waals surface area contributed by atoms with E-state index in [1.54, 1.807) is 0 Å². The molecule has 0 aromatic heterocycles. The summed E-state index contributed by atoms with van der Waals surface area (Å²) in [6, 6.07) is 0.923. The van der Waals surface area contributed by atoms with E-state index in [0.29, 0.717) is 23.6 Å². The fourth-order valence-corrected chi connectivity index (χ4v) is 4.23. The first-order chi connectivity index (χ1) is 9.97. The highest BCUT2D eigenvalue weighted by molar-refractivity contribution is 4.95. The number of piperidine rings is 1. The van der Waals surface area contributed by atoms with Gasteiger partial charge < -0.3 is 10.5 Å². The number of nitrogens with zero attached hydrogens (tertiary/aromatic N) is 1. The number of hydrogen-bond donors (Lipinski definition) is 1. The summed E-state index contributed by atoms with van der Waals surface area (Å²) in [5.41, 5.74) is 6.95. The summed E-state index contributed by atoms with van der Waals surface area (Å²) in [7, 11) is 0. The molecule has 2 aliphatic rings. The van der Waals surface area contributed by atoms with Crippen LogP contribution < -0.4 is 5.73 Å². The van der Waals surface area contributed by atoms with Crippen LogP contribution in [0.25, 0.3) is 0 Å². The minimum atomic E-state index is 0.356. The Balaban J connectivity index is 1.99. The minimum absolute atomic E-state index is 0.356. The lowest BCUT2D eigenvalue weighted by Crippen LogP contribution is -2.56. The molecule has 124 valence electrons. The van der Waals surface area contributed by atoms with E-state index < -0.39 is 0 Å². The summed E-state index contributed by atoms with van der Waals surface area (Å²) in [6.07, 6.45) is 7.94. The Morgan fingerprint density at radius 1 is 1.19 bits per heavy atom. The zero-order valence-electron chi connectivity index (χ0n) is 14.6. The molecule has 1 saturated heterocycles. The first kappa shape index (κ1) is 17.2. The second-order valence-corrected chi connectivity index (χ2v) is 7.80. The van der Waals surface area contributed by atoms with Gasteiger partial charge in [0.1, 0.15) is 0 Å². The van der Waals surface area contributed by atoms with Crippen molar-refractivity contribution in [3.05, 3.63) is 0 Å². The molecule has 1 aliphatic heterocycles. The minimum Gasteiger partial charge on any atom is -0.377 e. The van der Waals surface area contributed by atoms with E-state index in [9.17, 15) is 0 Å². The van der Waals surface area contributed by atoms with Gasteiger partial charge in [-0.1, -0.05) is 27.2 Å². The molecule has 3 nitrogen and oxygen atoms in total. The topological polar surface area (TPSA) is 38.5 Å². The summed E-state index contributed by atoms with van der Waals surface area (Å²) < 4.78 is 5.87. The molecule has 2 fully saturated rings. The third-order valence-corrected chi connectivity index (χ3v) is 6.17. The Labute approximate surface area is 131 Å². The van der Waals surface area contributed by atoms with Gasteiger partial charge in [0, 0.05) is 25.2 Å². The molecular formula is C18H36N2O. The van der Waals surface area contributed by atoms with E-state index in [2.05, 4.69) is 32.6 Å². The highest BCUT2D eigenvalue weighted by Crippen LogP contribution is 2.41. The molecule has 0 bridgehead atoms. The van der Waals surface area contributed by atoms with Crippen molar-refractivity contribution >= 4 is 0 Å². The Kier molecular flexibility index (Phi) is 6.10. The molecule has 0 amide bonds. The van der Waals surface area contributed by atoms with E-state index in [0.717, 1.165) is 19.1 Å². The first-order valence-corrected chi connectivity index (χ1v) is 9.09. The Morgan fingerprint density at radius 2 is 1.95 bits per heavy atom. The number of nitrogens with two attached hydrogens (primary N) is 1. The third kappa shape index (κ3) is 4.20. The molecule has 0 spiro atoms. The van der Waals surface area contributed by atoms with Crippen LogP contribution in [0.1, 0.15) is 66.2 Å². The fourth-order valence-electron chi connectivity index (χ4n) is 4.23. The highest BCUT2D eigenvalue weighted by atomic mass is 16.5. The van der Waals surface area contributed by atoms with Crippen molar-refractivity contribution in [1.29, 1.82) is 0 Å². The van der Waals surface area contributed by atoms with Crippen LogP contribution in [0, 0.1) is 11.3 Å². The first-order valence-electron chi connectivity index (χ1n) is 9.09. The van der Waals surface area contributed by atoms with Gasteiger partial charge in [0.15, 0.2) is 0 Å². The zero-order chi connectivity index (χ0) is 15.5. The maximum absolute atomic E-state index is 6.49. The molecule has 1 heterocycles. The largest absolute Gasteiger partial charge is 0.377 e. The van der Waals surface area contributed by atoms with Gasteiger partial charge in [0.2, 0.25) is 0 Å². The normalized spacial score (nSPS) is 35.9. The molecule has 1 saturated carbocycles. The summed E-state index contributed by atoms with van der Waals surface area (Å²) in [6.45, 7) is 12.4. The van der Waals surface area contributed by atoms with Gasteiger partial charge in [-0.05, 0) is 56.9 Å². The molecule has 0 aromatic carbocycles. The van der Waals surface area contributed by atoms with Gasteiger partial charge in [-0.25, -0.2) is 0 Å². The van der Waals surface area contributed by atoms with Crippen LogP contribution in [0.15, 0.2) is 0 Å². The highest BCUT2D eigenvalue weighted by Gasteiger charge is 2.39. The number of hydrogen-bond acceptors (Lipinski definition) is 3. The predicted octanol–water partition coefficient (Wildman–Crippen LogP) is 3.42. The summed E-state index contributed by atoms with van der Waals surface area (Å²) >= 11 is 0. The van der Waals surface area contributed by atoms with Crippen LogP contribution in [-0.4, -0.2) is 42.8 Å². The van der Waals surface area contributed by atoms with Crippen LogP contribution in [0.5, 0.6) is 0 Å². The monoisotopic (exact) mass is 296 g/mol. The Bertz CT molecular complexity index is 316. The molecule has 1 aliphatic carbocycles. The van der Waals surface area contributed by atoms with Gasteiger partial charge in [0.05, 0.1) is 6.10 Å². The predicted molar refractivity (Wildman–Crippen MR) is 89.4 cm³/mol. The van der Waals surface area contributed by atoms with E-state index in [4.69, 9.17) is 10.5 Å². The molecule has 3 heteroatoms. The number of rotatable bonds is 5. The molecule has 4 atom stereocenters. The van der Waals surface area contributed by atoms with Gasteiger partial charge in [-0.3, -0.25) is 4.90 Å². The molecule has 21 heavy (non-hydrogen) atoms. The molecule has 2 rings (SSSR count). The van der Waals surface area contributed by atoms with Crippen molar-refractivity contribution < 1.29 is 4.74 Å². The molecule has 2 N–H and O–H groups in total. The second-order valence-electron chi connectivity index (χ2n) is 7.80. The third-order valence-electron chi connectivity index (χ3n) is 6.17. The van der Waals surface area contributed by atoms with Gasteiger partial charge >= 0.3 is 0 Å². The molecule has 0 aromatic rings. The van der Waals surface area contributed by atoms with Gasteiger partial charge in [-0.15, -0.1) is 0 Å². The summed E-state index contributed by atoms with van der Waals surface area (Å²) in [5, 5.41) is 0.